The van der Waals surface area contributed by atoms with Gasteiger partial charge >= 0.3 is 0 Å². The molecule has 3 heteroatoms. The average molecular weight is 184 g/mol. The van der Waals surface area contributed by atoms with E-state index < -0.39 is 0 Å². The largest absolute Gasteiger partial charge is 0.378 e. The maximum atomic E-state index is 6.03. The van der Waals surface area contributed by atoms with Gasteiger partial charge in [-0.25, -0.2) is 0 Å². The van der Waals surface area contributed by atoms with Crippen molar-refractivity contribution >= 4 is 0 Å². The van der Waals surface area contributed by atoms with Crippen molar-refractivity contribution in [3.8, 4) is 0 Å². The van der Waals surface area contributed by atoms with Crippen molar-refractivity contribution < 1.29 is 4.74 Å². The second kappa shape index (κ2) is 2.94. The predicted molar refractivity (Wildman–Crippen MR) is 52.6 cm³/mol. The van der Waals surface area contributed by atoms with Crippen LogP contribution in [-0.4, -0.2) is 42.3 Å². The lowest BCUT2D eigenvalue weighted by Gasteiger charge is -2.39. The second-order valence-electron chi connectivity index (χ2n) is 5.19. The van der Waals surface area contributed by atoms with E-state index in [4.69, 9.17) is 10.5 Å². The molecule has 0 radical (unpaired) electrons. The van der Waals surface area contributed by atoms with E-state index in [2.05, 4.69) is 18.7 Å². The molecule has 0 aromatic heterocycles. The fourth-order valence-electron chi connectivity index (χ4n) is 2.11. The van der Waals surface area contributed by atoms with E-state index in [9.17, 15) is 0 Å². The number of hydrogen-bond acceptors (Lipinski definition) is 3. The highest BCUT2D eigenvalue weighted by Crippen LogP contribution is 2.43. The zero-order valence-corrected chi connectivity index (χ0v) is 8.68. The summed E-state index contributed by atoms with van der Waals surface area (Å²) >= 11 is 0. The maximum absolute atomic E-state index is 6.03. The molecule has 0 bridgehead atoms. The monoisotopic (exact) mass is 184 g/mol. The Hall–Kier alpha value is -0.120. The third-order valence-electron chi connectivity index (χ3n) is 2.97. The summed E-state index contributed by atoms with van der Waals surface area (Å²) in [6.45, 7) is 8.04. The summed E-state index contributed by atoms with van der Waals surface area (Å²) in [5.74, 6) is 0. The van der Waals surface area contributed by atoms with Crippen LogP contribution in [0.3, 0.4) is 0 Å². The van der Waals surface area contributed by atoms with Gasteiger partial charge in [0.1, 0.15) is 0 Å². The standard InChI is InChI=1S/C10H20N2O/c1-9(2,11)7-12-5-6-13-8-10(12)3-4-10/h3-8,11H2,1-2H3. The van der Waals surface area contributed by atoms with E-state index >= 15 is 0 Å². The minimum Gasteiger partial charge on any atom is -0.378 e. The molecule has 1 aliphatic heterocycles. The van der Waals surface area contributed by atoms with Gasteiger partial charge < -0.3 is 10.5 Å². The molecule has 3 nitrogen and oxygen atoms in total. The lowest BCUT2D eigenvalue weighted by Crippen LogP contribution is -2.55. The molecule has 13 heavy (non-hydrogen) atoms. The molecule has 2 rings (SSSR count). The van der Waals surface area contributed by atoms with Crippen molar-refractivity contribution in [3.05, 3.63) is 0 Å². The summed E-state index contributed by atoms with van der Waals surface area (Å²) in [7, 11) is 0. The van der Waals surface area contributed by atoms with Crippen LogP contribution in [0.5, 0.6) is 0 Å². The lowest BCUT2D eigenvalue weighted by atomic mass is 10.0. The Balaban J connectivity index is 1.97. The van der Waals surface area contributed by atoms with Gasteiger partial charge in [-0.3, -0.25) is 4.90 Å². The van der Waals surface area contributed by atoms with Gasteiger partial charge in [-0.2, -0.15) is 0 Å². The third-order valence-corrected chi connectivity index (χ3v) is 2.97. The first-order chi connectivity index (χ1) is 6.02. The van der Waals surface area contributed by atoms with Crippen LogP contribution in [-0.2, 0) is 4.74 Å². The predicted octanol–water partition coefficient (Wildman–Crippen LogP) is 0.588. The molecular weight excluding hydrogens is 164 g/mol. The number of ether oxygens (including phenoxy) is 1. The molecule has 0 amide bonds. The highest BCUT2D eigenvalue weighted by Gasteiger charge is 2.50. The van der Waals surface area contributed by atoms with E-state index in [1.807, 2.05) is 0 Å². The van der Waals surface area contributed by atoms with Crippen LogP contribution in [0.4, 0.5) is 0 Å². The van der Waals surface area contributed by atoms with Crippen molar-refractivity contribution in [3.63, 3.8) is 0 Å². The Morgan fingerprint density at radius 1 is 1.46 bits per heavy atom. The summed E-state index contributed by atoms with van der Waals surface area (Å²) in [5.41, 5.74) is 6.34. The van der Waals surface area contributed by atoms with Crippen LogP contribution in [0.2, 0.25) is 0 Å². The topological polar surface area (TPSA) is 38.5 Å². The molecule has 1 spiro atoms. The number of hydrogen-bond donors (Lipinski definition) is 1. The molecule has 0 aromatic rings. The summed E-state index contributed by atoms with van der Waals surface area (Å²) < 4.78 is 5.51. The van der Waals surface area contributed by atoms with Crippen molar-refractivity contribution in [2.45, 2.75) is 37.8 Å². The Bertz CT molecular complexity index is 194. The minimum absolute atomic E-state index is 0.0765. The molecule has 1 saturated carbocycles. The van der Waals surface area contributed by atoms with E-state index in [-0.39, 0.29) is 5.54 Å². The third kappa shape index (κ3) is 2.03. The van der Waals surface area contributed by atoms with Crippen LogP contribution < -0.4 is 5.73 Å². The fraction of sp³-hybridized carbons (Fsp3) is 1.00. The zero-order chi connectivity index (χ0) is 9.53. The average Bonchev–Trinajstić information content (AvgIpc) is 2.73. The zero-order valence-electron chi connectivity index (χ0n) is 8.68. The molecule has 2 fully saturated rings. The van der Waals surface area contributed by atoms with Gasteiger partial charge in [-0.15, -0.1) is 0 Å². The lowest BCUT2D eigenvalue weighted by molar-refractivity contribution is -0.0272. The number of nitrogens with two attached hydrogens (primary N) is 1. The van der Waals surface area contributed by atoms with E-state index in [1.165, 1.54) is 12.8 Å². The Morgan fingerprint density at radius 2 is 2.15 bits per heavy atom. The highest BCUT2D eigenvalue weighted by atomic mass is 16.5. The number of nitrogens with zero attached hydrogens (tertiary/aromatic N) is 1. The number of rotatable bonds is 2. The van der Waals surface area contributed by atoms with Gasteiger partial charge in [0.05, 0.1) is 13.2 Å². The normalized spacial score (nSPS) is 27.9. The Morgan fingerprint density at radius 3 is 2.69 bits per heavy atom. The molecule has 2 aliphatic rings. The first-order valence-corrected chi connectivity index (χ1v) is 5.14. The van der Waals surface area contributed by atoms with E-state index in [1.54, 1.807) is 0 Å². The van der Waals surface area contributed by atoms with Crippen molar-refractivity contribution in [1.82, 2.24) is 4.90 Å². The summed E-state index contributed by atoms with van der Waals surface area (Å²) in [5, 5.41) is 0. The van der Waals surface area contributed by atoms with Gasteiger partial charge in [0.15, 0.2) is 0 Å². The summed E-state index contributed by atoms with van der Waals surface area (Å²) in [6, 6.07) is 0. The molecule has 76 valence electrons. The van der Waals surface area contributed by atoms with Crippen LogP contribution in [0, 0.1) is 0 Å². The van der Waals surface area contributed by atoms with Crippen LogP contribution in [0.15, 0.2) is 0 Å². The van der Waals surface area contributed by atoms with Crippen LogP contribution in [0.1, 0.15) is 26.7 Å². The Kier molecular flexibility index (Phi) is 2.13. The number of morpholine rings is 1. The molecule has 0 atom stereocenters. The molecule has 0 aromatic carbocycles. The van der Waals surface area contributed by atoms with Crippen LogP contribution >= 0.6 is 0 Å². The first kappa shape index (κ1) is 9.44. The van der Waals surface area contributed by atoms with Crippen molar-refractivity contribution in [2.75, 3.05) is 26.3 Å². The molecular formula is C10H20N2O. The smallest absolute Gasteiger partial charge is 0.0651 e. The molecule has 0 unspecified atom stereocenters. The van der Waals surface area contributed by atoms with Gasteiger partial charge in [0, 0.05) is 24.2 Å². The SMILES string of the molecule is CC(C)(N)CN1CCOCC12CC2. The highest BCUT2D eigenvalue weighted by molar-refractivity contribution is 5.06. The van der Waals surface area contributed by atoms with E-state index in [0.29, 0.717) is 5.54 Å². The van der Waals surface area contributed by atoms with Gasteiger partial charge in [-0.05, 0) is 26.7 Å². The van der Waals surface area contributed by atoms with Crippen LogP contribution in [0.25, 0.3) is 0 Å². The summed E-state index contributed by atoms with van der Waals surface area (Å²) in [4.78, 5) is 2.52. The second-order valence-corrected chi connectivity index (χ2v) is 5.19. The quantitative estimate of drug-likeness (QED) is 0.682. The van der Waals surface area contributed by atoms with E-state index in [0.717, 1.165) is 26.3 Å². The molecule has 1 heterocycles. The minimum atomic E-state index is -0.0765. The van der Waals surface area contributed by atoms with Gasteiger partial charge in [-0.1, -0.05) is 0 Å². The fourth-order valence-corrected chi connectivity index (χ4v) is 2.11. The van der Waals surface area contributed by atoms with Crippen molar-refractivity contribution in [1.29, 1.82) is 0 Å². The van der Waals surface area contributed by atoms with Crippen molar-refractivity contribution in [2.24, 2.45) is 5.73 Å². The maximum Gasteiger partial charge on any atom is 0.0651 e. The van der Waals surface area contributed by atoms with Gasteiger partial charge in [0.2, 0.25) is 0 Å². The molecule has 1 saturated heterocycles. The Labute approximate surface area is 80.2 Å². The first-order valence-electron chi connectivity index (χ1n) is 5.14. The molecule has 2 N–H and O–H groups in total. The van der Waals surface area contributed by atoms with Gasteiger partial charge in [0.25, 0.3) is 0 Å². The molecule has 1 aliphatic carbocycles. The summed E-state index contributed by atoms with van der Waals surface area (Å²) in [6.07, 6.45) is 2.59.